The lowest BCUT2D eigenvalue weighted by atomic mass is 10.00. The van der Waals surface area contributed by atoms with Crippen LogP contribution in [-0.4, -0.2) is 47.1 Å². The molecule has 35 heavy (non-hydrogen) atoms. The van der Waals surface area contributed by atoms with Gasteiger partial charge >= 0.3 is 12.4 Å². The minimum absolute atomic E-state index is 0.133. The van der Waals surface area contributed by atoms with Crippen molar-refractivity contribution in [3.8, 4) is 0 Å². The second-order valence-electron chi connectivity index (χ2n) is 6.61. The molecule has 0 spiro atoms. The van der Waals surface area contributed by atoms with E-state index in [1.165, 1.54) is 0 Å². The maximum atomic E-state index is 12.5. The summed E-state index contributed by atoms with van der Waals surface area (Å²) in [7, 11) is 0. The lowest BCUT2D eigenvalue weighted by Gasteiger charge is -2.15. The molecule has 0 amide bonds. The van der Waals surface area contributed by atoms with Gasteiger partial charge in [-0.25, -0.2) is 0 Å². The summed E-state index contributed by atoms with van der Waals surface area (Å²) < 4.78 is 75.7. The number of rotatable bonds is 7. The molecule has 0 aromatic heterocycles. The Balaban J connectivity index is 2.42. The molecule has 0 radical (unpaired) electrons. The summed E-state index contributed by atoms with van der Waals surface area (Å²) in [5, 5.41) is 11.5. The van der Waals surface area contributed by atoms with Crippen LogP contribution in [0.3, 0.4) is 0 Å². The number of thiocarbonyl (C=S) groups is 2. The summed E-state index contributed by atoms with van der Waals surface area (Å²) in [6.07, 6.45) is -8.98. The minimum atomic E-state index is -4.49. The summed E-state index contributed by atoms with van der Waals surface area (Å²) in [6.45, 7) is -2.73. The Labute approximate surface area is 220 Å². The molecule has 0 atom stereocenters. The van der Waals surface area contributed by atoms with Crippen LogP contribution in [0.2, 0.25) is 0 Å². The Hall–Kier alpha value is -2.53. The number of hydrogen-bond acceptors (Lipinski definition) is 4. The fourth-order valence-corrected chi connectivity index (χ4v) is 2.96. The Morgan fingerprint density at radius 2 is 1.09 bits per heavy atom. The van der Waals surface area contributed by atoms with Gasteiger partial charge in [0.1, 0.15) is 24.5 Å². The molecule has 15 heteroatoms. The molecule has 4 N–H and O–H groups in total. The molecule has 0 aliphatic rings. The van der Waals surface area contributed by atoms with Gasteiger partial charge in [-0.3, -0.25) is 10.9 Å². The van der Waals surface area contributed by atoms with E-state index in [2.05, 4.69) is 43.6 Å². The van der Waals surface area contributed by atoms with Crippen LogP contribution in [0, 0.1) is 3.57 Å². The Kier molecular flexibility index (Phi) is 10.6. The average Bonchev–Trinajstić information content (AvgIpc) is 2.79. The summed E-state index contributed by atoms with van der Waals surface area (Å²) >= 11 is 11.8. The van der Waals surface area contributed by atoms with Crippen molar-refractivity contribution in [2.75, 3.05) is 13.1 Å². The molecule has 0 fully saturated rings. The zero-order chi connectivity index (χ0) is 26.1. The third kappa shape index (κ3) is 11.2. The molecule has 0 aliphatic carbocycles. The molecule has 0 bridgehead atoms. The van der Waals surface area contributed by atoms with Gasteiger partial charge < -0.3 is 10.6 Å². The van der Waals surface area contributed by atoms with Crippen molar-refractivity contribution in [1.29, 1.82) is 0 Å². The van der Waals surface area contributed by atoms with E-state index in [4.69, 9.17) is 24.4 Å². The van der Waals surface area contributed by atoms with Crippen LogP contribution < -0.4 is 21.5 Å². The fraction of sp³-hybridized carbons (Fsp3) is 0.200. The minimum Gasteiger partial charge on any atom is -0.352 e. The van der Waals surface area contributed by atoms with Crippen molar-refractivity contribution in [2.24, 2.45) is 10.2 Å². The van der Waals surface area contributed by atoms with Gasteiger partial charge in [0, 0.05) is 14.7 Å². The quantitative estimate of drug-likeness (QED) is 0.117. The Morgan fingerprint density at radius 1 is 0.686 bits per heavy atom. The molecule has 0 aliphatic heterocycles. The van der Waals surface area contributed by atoms with Crippen molar-refractivity contribution in [3.05, 3.63) is 69.3 Å². The second kappa shape index (κ2) is 13.0. The summed E-state index contributed by atoms with van der Waals surface area (Å²) in [6, 6.07) is 15.3. The van der Waals surface area contributed by atoms with Crippen LogP contribution >= 0.6 is 47.0 Å². The van der Waals surface area contributed by atoms with Crippen LogP contribution in [0.4, 0.5) is 26.3 Å². The molecule has 6 nitrogen and oxygen atoms in total. The van der Waals surface area contributed by atoms with Gasteiger partial charge in [0.2, 0.25) is 0 Å². The van der Waals surface area contributed by atoms with E-state index >= 15 is 0 Å². The molecule has 2 rings (SSSR count). The van der Waals surface area contributed by atoms with E-state index in [1.807, 2.05) is 10.6 Å². The molecular formula is C20H17F6IN6S2. The van der Waals surface area contributed by atoms with Crippen LogP contribution in [0.5, 0.6) is 0 Å². The van der Waals surface area contributed by atoms with Crippen LogP contribution in [-0.2, 0) is 0 Å². The number of nitrogens with zero attached hydrogens (tertiary/aromatic N) is 2. The van der Waals surface area contributed by atoms with Gasteiger partial charge in [-0.1, -0.05) is 42.5 Å². The Bertz CT molecular complexity index is 1070. The van der Waals surface area contributed by atoms with Crippen LogP contribution in [0.1, 0.15) is 11.1 Å². The van der Waals surface area contributed by atoms with E-state index in [9.17, 15) is 26.3 Å². The lowest BCUT2D eigenvalue weighted by molar-refractivity contribution is -0.122. The molecule has 0 heterocycles. The van der Waals surface area contributed by atoms with Crippen molar-refractivity contribution in [3.63, 3.8) is 0 Å². The largest absolute Gasteiger partial charge is 0.405 e. The maximum absolute atomic E-state index is 12.5. The van der Waals surface area contributed by atoms with E-state index in [-0.39, 0.29) is 11.4 Å². The number of hydrazone groups is 2. The zero-order valence-corrected chi connectivity index (χ0v) is 21.3. The molecular weight excluding hydrogens is 629 g/mol. The van der Waals surface area contributed by atoms with Crippen molar-refractivity contribution >= 4 is 68.7 Å². The number of nitrogens with one attached hydrogen (secondary N) is 4. The monoisotopic (exact) mass is 646 g/mol. The standard InChI is InChI=1S/C20H17F6IN6S2/c21-19(22,23)10-28-17(34)32-30-15(12-4-2-1-3-5-12)16(13-6-8-14(27)9-7-13)31-33-18(35)29-11-20(24,25)26/h1-9H,10-11H2,(H2,28,32,34)(H2,29,33,35)/b30-15+,31-16+. The predicted octanol–water partition coefficient (Wildman–Crippen LogP) is 4.45. The highest BCUT2D eigenvalue weighted by atomic mass is 127. The summed E-state index contributed by atoms with van der Waals surface area (Å²) in [5.41, 5.74) is 5.96. The first-order valence-electron chi connectivity index (χ1n) is 9.52. The number of hydrogen-bond donors (Lipinski definition) is 4. The van der Waals surface area contributed by atoms with Crippen molar-refractivity contribution in [2.45, 2.75) is 12.4 Å². The van der Waals surface area contributed by atoms with Gasteiger partial charge in [0.25, 0.3) is 0 Å². The third-order valence-corrected chi connectivity index (χ3v) is 5.02. The number of halogens is 7. The first-order valence-corrected chi connectivity index (χ1v) is 11.4. The van der Waals surface area contributed by atoms with Gasteiger partial charge in [-0.15, -0.1) is 0 Å². The smallest absolute Gasteiger partial charge is 0.352 e. The predicted molar refractivity (Wildman–Crippen MR) is 138 cm³/mol. The molecule has 2 aromatic rings. The molecule has 0 saturated carbocycles. The highest BCUT2D eigenvalue weighted by Gasteiger charge is 2.28. The molecule has 188 valence electrons. The third-order valence-electron chi connectivity index (χ3n) is 3.83. The van der Waals surface area contributed by atoms with Crippen molar-refractivity contribution < 1.29 is 26.3 Å². The topological polar surface area (TPSA) is 72.8 Å². The van der Waals surface area contributed by atoms with Crippen LogP contribution in [0.25, 0.3) is 0 Å². The molecule has 0 saturated heterocycles. The van der Waals surface area contributed by atoms with E-state index in [1.54, 1.807) is 54.6 Å². The van der Waals surface area contributed by atoms with Crippen LogP contribution in [0.15, 0.2) is 64.8 Å². The summed E-state index contributed by atoms with van der Waals surface area (Å²) in [5.74, 6) is 0. The van der Waals surface area contributed by atoms with E-state index in [0.717, 1.165) is 3.57 Å². The number of benzene rings is 2. The average molecular weight is 646 g/mol. The molecule has 0 unspecified atom stereocenters. The van der Waals surface area contributed by atoms with Gasteiger partial charge in [0.15, 0.2) is 10.2 Å². The van der Waals surface area contributed by atoms with E-state index < -0.39 is 35.7 Å². The summed E-state index contributed by atoms with van der Waals surface area (Å²) in [4.78, 5) is 0. The first kappa shape index (κ1) is 28.7. The lowest BCUT2D eigenvalue weighted by Crippen LogP contribution is -2.40. The second-order valence-corrected chi connectivity index (χ2v) is 8.68. The van der Waals surface area contributed by atoms with Gasteiger partial charge in [0.05, 0.1) is 0 Å². The van der Waals surface area contributed by atoms with E-state index in [0.29, 0.717) is 11.1 Å². The van der Waals surface area contributed by atoms with Gasteiger partial charge in [-0.05, 0) is 59.2 Å². The van der Waals surface area contributed by atoms with Crippen molar-refractivity contribution in [1.82, 2.24) is 21.5 Å². The maximum Gasteiger partial charge on any atom is 0.405 e. The SMILES string of the molecule is FC(F)(F)CNC(=S)N/N=C(/C(=N/NC(=S)NCC(F)(F)F)c1ccc(I)cc1)c1ccccc1. The molecule has 2 aromatic carbocycles. The normalized spacial score (nSPS) is 12.7. The highest BCUT2D eigenvalue weighted by molar-refractivity contribution is 14.1. The van der Waals surface area contributed by atoms with Gasteiger partial charge in [-0.2, -0.15) is 36.5 Å². The first-order chi connectivity index (χ1) is 16.3. The fourth-order valence-electron chi connectivity index (χ4n) is 2.37. The number of alkyl halides is 6. The zero-order valence-electron chi connectivity index (χ0n) is 17.5. The Morgan fingerprint density at radius 3 is 1.49 bits per heavy atom. The highest BCUT2D eigenvalue weighted by Crippen LogP contribution is 2.14.